The average molecular weight is 287 g/mol. The molecule has 3 unspecified atom stereocenters. The highest BCUT2D eigenvalue weighted by atomic mass is 14.8. The normalized spacial score (nSPS) is 23.9. The molecule has 21 heavy (non-hydrogen) atoms. The van der Waals surface area contributed by atoms with E-state index in [1.165, 1.54) is 50.5 Å². The lowest BCUT2D eigenvalue weighted by Crippen LogP contribution is -2.25. The lowest BCUT2D eigenvalue weighted by atomic mass is 9.75. The summed E-state index contributed by atoms with van der Waals surface area (Å²) in [4.78, 5) is 0. The molecule has 1 nitrogen and oxygen atoms in total. The second-order valence-corrected chi connectivity index (χ2v) is 6.85. The summed E-state index contributed by atoms with van der Waals surface area (Å²) >= 11 is 0. The Bertz CT molecular complexity index is 373. The molecule has 1 N–H and O–H groups in total. The van der Waals surface area contributed by atoms with E-state index >= 15 is 0 Å². The first-order chi connectivity index (χ1) is 10.3. The standard InChI is InChI=1S/C20H33N/c1-3-13-21-16-20(19-11-6-5-7-12-19)15-18-10-8-9-17(4-2)14-18/h5-7,11-12,17-18,20-21H,3-4,8-10,13-16H2,1-2H3. The Morgan fingerprint density at radius 3 is 2.57 bits per heavy atom. The molecule has 0 aromatic heterocycles. The van der Waals surface area contributed by atoms with Crippen molar-refractivity contribution in [2.24, 2.45) is 11.8 Å². The zero-order valence-corrected chi connectivity index (χ0v) is 14.0. The third-order valence-corrected chi connectivity index (χ3v) is 5.18. The van der Waals surface area contributed by atoms with E-state index in [4.69, 9.17) is 0 Å². The molecule has 0 amide bonds. The van der Waals surface area contributed by atoms with Crippen LogP contribution in [-0.2, 0) is 0 Å². The Labute approximate surface area is 131 Å². The molecular weight excluding hydrogens is 254 g/mol. The lowest BCUT2D eigenvalue weighted by molar-refractivity contribution is 0.237. The zero-order chi connectivity index (χ0) is 14.9. The van der Waals surface area contributed by atoms with Gasteiger partial charge in [-0.2, -0.15) is 0 Å². The summed E-state index contributed by atoms with van der Waals surface area (Å²) < 4.78 is 0. The molecule has 2 rings (SSSR count). The smallest absolute Gasteiger partial charge is 0.00202 e. The van der Waals surface area contributed by atoms with Crippen molar-refractivity contribution in [1.29, 1.82) is 0 Å². The van der Waals surface area contributed by atoms with E-state index in [1.807, 2.05) is 0 Å². The molecule has 3 atom stereocenters. The van der Waals surface area contributed by atoms with Gasteiger partial charge in [-0.3, -0.25) is 0 Å². The monoisotopic (exact) mass is 287 g/mol. The second-order valence-electron chi connectivity index (χ2n) is 6.85. The molecule has 0 saturated heterocycles. The number of nitrogens with one attached hydrogen (secondary N) is 1. The van der Waals surface area contributed by atoms with Gasteiger partial charge in [-0.1, -0.05) is 69.9 Å². The largest absolute Gasteiger partial charge is 0.316 e. The number of benzene rings is 1. The minimum Gasteiger partial charge on any atom is -0.316 e. The van der Waals surface area contributed by atoms with Crippen LogP contribution in [0.25, 0.3) is 0 Å². The van der Waals surface area contributed by atoms with E-state index in [2.05, 4.69) is 49.5 Å². The van der Waals surface area contributed by atoms with Crippen molar-refractivity contribution in [3.05, 3.63) is 35.9 Å². The Morgan fingerprint density at radius 1 is 1.10 bits per heavy atom. The van der Waals surface area contributed by atoms with E-state index in [9.17, 15) is 0 Å². The van der Waals surface area contributed by atoms with Gasteiger partial charge in [-0.05, 0) is 49.1 Å². The molecule has 0 aliphatic heterocycles. The van der Waals surface area contributed by atoms with Crippen LogP contribution in [0, 0.1) is 11.8 Å². The fourth-order valence-electron chi connectivity index (χ4n) is 3.91. The molecule has 118 valence electrons. The van der Waals surface area contributed by atoms with Gasteiger partial charge >= 0.3 is 0 Å². The van der Waals surface area contributed by atoms with Crippen LogP contribution in [0.2, 0.25) is 0 Å². The SMILES string of the molecule is CCCNCC(CC1CCCC(CC)C1)c1ccccc1. The van der Waals surface area contributed by atoms with Crippen molar-refractivity contribution in [3.63, 3.8) is 0 Å². The van der Waals surface area contributed by atoms with Crippen LogP contribution in [0.4, 0.5) is 0 Å². The van der Waals surface area contributed by atoms with Gasteiger partial charge in [0.25, 0.3) is 0 Å². The van der Waals surface area contributed by atoms with Crippen LogP contribution < -0.4 is 5.32 Å². The Hall–Kier alpha value is -0.820. The summed E-state index contributed by atoms with van der Waals surface area (Å²) in [6, 6.07) is 11.2. The van der Waals surface area contributed by atoms with Crippen LogP contribution in [0.5, 0.6) is 0 Å². The van der Waals surface area contributed by atoms with E-state index < -0.39 is 0 Å². The summed E-state index contributed by atoms with van der Waals surface area (Å²) in [5, 5.41) is 3.65. The van der Waals surface area contributed by atoms with Crippen LogP contribution in [-0.4, -0.2) is 13.1 Å². The average Bonchev–Trinajstić information content (AvgIpc) is 2.55. The Morgan fingerprint density at radius 2 is 1.86 bits per heavy atom. The molecule has 0 bridgehead atoms. The Kier molecular flexibility index (Phi) is 7.29. The van der Waals surface area contributed by atoms with Gasteiger partial charge in [0.05, 0.1) is 0 Å². The topological polar surface area (TPSA) is 12.0 Å². The summed E-state index contributed by atoms with van der Waals surface area (Å²) in [5.74, 6) is 2.62. The van der Waals surface area contributed by atoms with Gasteiger partial charge in [-0.25, -0.2) is 0 Å². The van der Waals surface area contributed by atoms with Gasteiger partial charge in [-0.15, -0.1) is 0 Å². The van der Waals surface area contributed by atoms with Crippen LogP contribution >= 0.6 is 0 Å². The lowest BCUT2D eigenvalue weighted by Gasteiger charge is -2.31. The first-order valence-electron chi connectivity index (χ1n) is 9.09. The maximum Gasteiger partial charge on any atom is 0.00202 e. The molecule has 1 fully saturated rings. The van der Waals surface area contributed by atoms with Crippen molar-refractivity contribution in [1.82, 2.24) is 5.32 Å². The van der Waals surface area contributed by atoms with Gasteiger partial charge in [0.15, 0.2) is 0 Å². The molecular formula is C20H33N. The predicted molar refractivity (Wildman–Crippen MR) is 92.7 cm³/mol. The Balaban J connectivity index is 1.94. The number of rotatable bonds is 8. The van der Waals surface area contributed by atoms with Crippen molar-refractivity contribution >= 4 is 0 Å². The van der Waals surface area contributed by atoms with E-state index in [0.29, 0.717) is 5.92 Å². The molecule has 1 aliphatic rings. The first-order valence-corrected chi connectivity index (χ1v) is 9.09. The molecule has 1 aliphatic carbocycles. The molecule has 1 saturated carbocycles. The van der Waals surface area contributed by atoms with Crippen molar-refractivity contribution in [3.8, 4) is 0 Å². The molecule has 0 spiro atoms. The highest BCUT2D eigenvalue weighted by Gasteiger charge is 2.24. The van der Waals surface area contributed by atoms with Crippen molar-refractivity contribution in [2.45, 2.75) is 64.7 Å². The molecule has 1 aromatic carbocycles. The van der Waals surface area contributed by atoms with Gasteiger partial charge in [0.2, 0.25) is 0 Å². The molecule has 1 aromatic rings. The maximum atomic E-state index is 3.65. The van der Waals surface area contributed by atoms with Crippen LogP contribution in [0.3, 0.4) is 0 Å². The van der Waals surface area contributed by atoms with E-state index in [0.717, 1.165) is 24.9 Å². The minimum atomic E-state index is 0.693. The highest BCUT2D eigenvalue weighted by Crippen LogP contribution is 2.36. The summed E-state index contributed by atoms with van der Waals surface area (Å²) in [7, 11) is 0. The summed E-state index contributed by atoms with van der Waals surface area (Å²) in [6.45, 7) is 6.90. The third-order valence-electron chi connectivity index (χ3n) is 5.18. The fourth-order valence-corrected chi connectivity index (χ4v) is 3.91. The van der Waals surface area contributed by atoms with Crippen molar-refractivity contribution < 1.29 is 0 Å². The van der Waals surface area contributed by atoms with Gasteiger partial charge in [0, 0.05) is 6.54 Å². The predicted octanol–water partition coefficient (Wildman–Crippen LogP) is 5.38. The highest BCUT2D eigenvalue weighted by molar-refractivity contribution is 5.20. The molecule has 0 heterocycles. The summed E-state index contributed by atoms with van der Waals surface area (Å²) in [5.41, 5.74) is 1.53. The first kappa shape index (κ1) is 16.5. The molecule has 1 heteroatoms. The number of hydrogen-bond donors (Lipinski definition) is 1. The molecule has 0 radical (unpaired) electrons. The second kappa shape index (κ2) is 9.25. The zero-order valence-electron chi connectivity index (χ0n) is 14.0. The quantitative estimate of drug-likeness (QED) is 0.633. The van der Waals surface area contributed by atoms with Crippen molar-refractivity contribution in [2.75, 3.05) is 13.1 Å². The third kappa shape index (κ3) is 5.47. The fraction of sp³-hybridized carbons (Fsp3) is 0.700. The van der Waals surface area contributed by atoms with Crippen LogP contribution in [0.15, 0.2) is 30.3 Å². The number of hydrogen-bond acceptors (Lipinski definition) is 1. The van der Waals surface area contributed by atoms with Gasteiger partial charge < -0.3 is 5.32 Å². The van der Waals surface area contributed by atoms with Gasteiger partial charge in [0.1, 0.15) is 0 Å². The van der Waals surface area contributed by atoms with E-state index in [1.54, 1.807) is 0 Å². The van der Waals surface area contributed by atoms with E-state index in [-0.39, 0.29) is 0 Å². The maximum absolute atomic E-state index is 3.65. The van der Waals surface area contributed by atoms with Crippen LogP contribution in [0.1, 0.15) is 70.3 Å². The minimum absolute atomic E-state index is 0.693. The summed E-state index contributed by atoms with van der Waals surface area (Å²) in [6.07, 6.45) is 9.81.